The molecule has 10 heteroatoms. The zero-order valence-corrected chi connectivity index (χ0v) is 15.1. The van der Waals surface area contributed by atoms with Crippen LogP contribution in [-0.2, 0) is 0 Å². The van der Waals surface area contributed by atoms with Gasteiger partial charge in [-0.3, -0.25) is 10.1 Å². The van der Waals surface area contributed by atoms with Crippen molar-refractivity contribution >= 4 is 29.0 Å². The van der Waals surface area contributed by atoms with Crippen LogP contribution in [0, 0.1) is 10.1 Å². The number of benzene rings is 2. The van der Waals surface area contributed by atoms with Gasteiger partial charge in [0.1, 0.15) is 11.3 Å². The van der Waals surface area contributed by atoms with Gasteiger partial charge in [-0.2, -0.15) is 0 Å². The quantitative estimate of drug-likeness (QED) is 0.239. The zero-order valence-electron chi connectivity index (χ0n) is 15.1. The van der Waals surface area contributed by atoms with E-state index in [0.29, 0.717) is 18.0 Å². The molecule has 0 heterocycles. The lowest BCUT2D eigenvalue weighted by atomic mass is 10.1. The van der Waals surface area contributed by atoms with Gasteiger partial charge in [-0.15, -0.1) is 0 Å². The summed E-state index contributed by atoms with van der Waals surface area (Å²) >= 11 is 0. The fraction of sp³-hybridized carbons (Fsp3) is 0.222. The van der Waals surface area contributed by atoms with Crippen molar-refractivity contribution in [2.24, 2.45) is 0 Å². The average Bonchev–Trinajstić information content (AvgIpc) is 2.62. The lowest BCUT2D eigenvalue weighted by Gasteiger charge is -2.09. The Balaban J connectivity index is 0.000000283. The Kier molecular flexibility index (Phi) is 8.22. The summed E-state index contributed by atoms with van der Waals surface area (Å²) in [7, 11) is 0. The number of nitro groups is 1. The maximum absolute atomic E-state index is 10.8. The highest BCUT2D eigenvalue weighted by molar-refractivity contribution is 5.94. The van der Waals surface area contributed by atoms with Crippen molar-refractivity contribution in [1.82, 2.24) is 0 Å². The lowest BCUT2D eigenvalue weighted by molar-refractivity contribution is -0.384. The number of non-ortho nitro benzene ring substituents is 1. The molecule has 2 aromatic carbocycles. The van der Waals surface area contributed by atoms with E-state index in [1.54, 1.807) is 12.1 Å². The number of carboxylic acid groups (broad SMARTS) is 2. The molecule has 0 aliphatic heterocycles. The molecule has 10 nitrogen and oxygen atoms in total. The summed E-state index contributed by atoms with van der Waals surface area (Å²) in [6.45, 7) is 2.56. The van der Waals surface area contributed by atoms with E-state index in [2.05, 4.69) is 0 Å². The van der Waals surface area contributed by atoms with Gasteiger partial charge in [0.05, 0.1) is 22.8 Å². The van der Waals surface area contributed by atoms with Crippen molar-refractivity contribution < 1.29 is 29.5 Å². The molecule has 0 radical (unpaired) electrons. The van der Waals surface area contributed by atoms with Crippen LogP contribution in [0.25, 0.3) is 0 Å². The Labute approximate surface area is 160 Å². The molecule has 0 atom stereocenters. The van der Waals surface area contributed by atoms with Crippen molar-refractivity contribution in [3.63, 3.8) is 0 Å². The smallest absolute Gasteiger partial charge is 0.339 e. The summed E-state index contributed by atoms with van der Waals surface area (Å²) in [6.07, 6.45) is 1.90. The highest BCUT2D eigenvalue weighted by atomic mass is 16.6. The number of nitrogens with zero attached hydrogens (tertiary/aromatic N) is 1. The fourth-order valence-corrected chi connectivity index (χ4v) is 2.02. The minimum atomic E-state index is -1.20. The van der Waals surface area contributed by atoms with Crippen LogP contribution < -0.4 is 16.2 Å². The van der Waals surface area contributed by atoms with E-state index < -0.39 is 16.9 Å². The van der Waals surface area contributed by atoms with Gasteiger partial charge >= 0.3 is 11.9 Å². The third-order valence-corrected chi connectivity index (χ3v) is 3.47. The summed E-state index contributed by atoms with van der Waals surface area (Å²) in [4.78, 5) is 30.9. The second-order valence-electron chi connectivity index (χ2n) is 5.60. The number of nitrogens with two attached hydrogens (primary N) is 2. The number of carbonyl (C=O) groups is 2. The third kappa shape index (κ3) is 6.48. The molecule has 0 spiro atoms. The Bertz CT molecular complexity index is 868. The number of carboxylic acids is 2. The standard InChI is InChI=1S/C11H15NO3.C7H6N2O4/c1-2-3-6-15-10-7-8(12)4-5-9(10)11(13)14;8-6-3-4(9(12)13)1-2-5(6)7(10)11/h4-5,7H,2-3,6,12H2,1H3,(H,13,14);1-3H,8H2,(H,10,11). The zero-order chi connectivity index (χ0) is 21.3. The summed E-state index contributed by atoms with van der Waals surface area (Å²) < 4.78 is 5.36. The lowest BCUT2D eigenvalue weighted by Crippen LogP contribution is -2.05. The van der Waals surface area contributed by atoms with Crippen LogP contribution in [0.4, 0.5) is 17.1 Å². The first-order chi connectivity index (χ1) is 13.2. The molecule has 0 unspecified atom stereocenters. The van der Waals surface area contributed by atoms with Gasteiger partial charge in [0.15, 0.2) is 0 Å². The maximum Gasteiger partial charge on any atom is 0.339 e. The minimum absolute atomic E-state index is 0.110. The molecule has 0 aliphatic rings. The molecule has 0 amide bonds. The van der Waals surface area contributed by atoms with Gasteiger partial charge < -0.3 is 26.4 Å². The van der Waals surface area contributed by atoms with Crippen molar-refractivity contribution in [1.29, 1.82) is 0 Å². The van der Waals surface area contributed by atoms with Gasteiger partial charge in [0.2, 0.25) is 0 Å². The molecule has 0 aliphatic carbocycles. The number of nitrogen functional groups attached to an aromatic ring is 2. The first-order valence-corrected chi connectivity index (χ1v) is 8.20. The number of nitro benzene ring substituents is 1. The Morgan fingerprint density at radius 1 is 1.07 bits per heavy atom. The Morgan fingerprint density at radius 3 is 2.18 bits per heavy atom. The van der Waals surface area contributed by atoms with E-state index in [4.69, 9.17) is 26.4 Å². The average molecular weight is 391 g/mol. The number of anilines is 2. The number of ether oxygens (including phenoxy) is 1. The van der Waals surface area contributed by atoms with Crippen LogP contribution in [0.2, 0.25) is 0 Å². The van der Waals surface area contributed by atoms with Gasteiger partial charge in [-0.1, -0.05) is 13.3 Å². The highest BCUT2D eigenvalue weighted by Crippen LogP contribution is 2.22. The van der Waals surface area contributed by atoms with Crippen LogP contribution in [0.5, 0.6) is 5.75 Å². The summed E-state index contributed by atoms with van der Waals surface area (Å²) in [5.41, 5.74) is 11.0. The first kappa shape index (κ1) is 22.2. The van der Waals surface area contributed by atoms with Crippen LogP contribution in [0.15, 0.2) is 36.4 Å². The number of aromatic carboxylic acids is 2. The number of unbranched alkanes of at least 4 members (excludes halogenated alkanes) is 1. The predicted octanol–water partition coefficient (Wildman–Crippen LogP) is 3.02. The van der Waals surface area contributed by atoms with E-state index in [9.17, 15) is 19.7 Å². The fourth-order valence-electron chi connectivity index (χ4n) is 2.02. The van der Waals surface area contributed by atoms with Gasteiger partial charge in [0.25, 0.3) is 5.69 Å². The molecular weight excluding hydrogens is 370 g/mol. The number of rotatable bonds is 7. The van der Waals surface area contributed by atoms with Crippen LogP contribution in [0.1, 0.15) is 40.5 Å². The molecule has 28 heavy (non-hydrogen) atoms. The SMILES string of the molecule is CCCCOc1cc(N)ccc1C(=O)O.Nc1cc([N+](=O)[O-])ccc1C(=O)O. The van der Waals surface area contributed by atoms with E-state index in [0.717, 1.165) is 31.0 Å². The van der Waals surface area contributed by atoms with Gasteiger partial charge in [-0.05, 0) is 24.6 Å². The van der Waals surface area contributed by atoms with E-state index in [-0.39, 0.29) is 22.5 Å². The molecule has 0 aromatic heterocycles. The summed E-state index contributed by atoms with van der Waals surface area (Å²) in [5, 5.41) is 27.7. The molecule has 0 bridgehead atoms. The molecule has 150 valence electrons. The van der Waals surface area contributed by atoms with Gasteiger partial charge in [-0.25, -0.2) is 9.59 Å². The molecule has 0 fully saturated rings. The maximum atomic E-state index is 10.8. The Morgan fingerprint density at radius 2 is 1.68 bits per heavy atom. The second kappa shape index (κ2) is 10.4. The third-order valence-electron chi connectivity index (χ3n) is 3.47. The summed E-state index contributed by atoms with van der Waals surface area (Å²) in [5.74, 6) is -1.86. The molecule has 2 aromatic rings. The number of hydrogen-bond donors (Lipinski definition) is 4. The highest BCUT2D eigenvalue weighted by Gasteiger charge is 2.12. The van der Waals surface area contributed by atoms with Crippen molar-refractivity contribution in [2.75, 3.05) is 18.1 Å². The largest absolute Gasteiger partial charge is 0.493 e. The van der Waals surface area contributed by atoms with Gasteiger partial charge in [0, 0.05) is 23.9 Å². The monoisotopic (exact) mass is 391 g/mol. The van der Waals surface area contributed by atoms with E-state index >= 15 is 0 Å². The van der Waals surface area contributed by atoms with Crippen LogP contribution >= 0.6 is 0 Å². The van der Waals surface area contributed by atoms with Crippen molar-refractivity contribution in [3.8, 4) is 5.75 Å². The van der Waals surface area contributed by atoms with Crippen molar-refractivity contribution in [2.45, 2.75) is 19.8 Å². The van der Waals surface area contributed by atoms with E-state index in [1.165, 1.54) is 6.07 Å². The summed E-state index contributed by atoms with van der Waals surface area (Å²) in [6, 6.07) is 7.77. The first-order valence-electron chi connectivity index (χ1n) is 8.20. The predicted molar refractivity (Wildman–Crippen MR) is 103 cm³/mol. The molecular formula is C18H21N3O7. The number of hydrogen-bond acceptors (Lipinski definition) is 7. The van der Waals surface area contributed by atoms with E-state index in [1.807, 2.05) is 6.92 Å². The Hall–Kier alpha value is -3.82. The topological polar surface area (TPSA) is 179 Å². The van der Waals surface area contributed by atoms with Crippen LogP contribution in [-0.4, -0.2) is 33.7 Å². The molecule has 0 saturated carbocycles. The molecule has 0 saturated heterocycles. The normalized spacial score (nSPS) is 9.75. The molecule has 6 N–H and O–H groups in total. The second-order valence-corrected chi connectivity index (χ2v) is 5.60. The van der Waals surface area contributed by atoms with Crippen LogP contribution in [0.3, 0.4) is 0 Å². The van der Waals surface area contributed by atoms with Crippen molar-refractivity contribution in [3.05, 3.63) is 57.6 Å². The minimum Gasteiger partial charge on any atom is -0.493 e. The molecule has 2 rings (SSSR count).